The topological polar surface area (TPSA) is 3.24 Å². The van der Waals surface area contributed by atoms with Gasteiger partial charge in [0.25, 0.3) is 0 Å². The highest BCUT2D eigenvalue weighted by Gasteiger charge is 2.47. The number of thiophene rings is 1. The molecule has 0 unspecified atom stereocenters. The van der Waals surface area contributed by atoms with Gasteiger partial charge in [0, 0.05) is 37.2 Å². The standard InChI is InChI=1S/C74H49NS/c1-3-21-53(22-4-1)73(67-32-12-7-25-61(67)62-26-8-13-33-68(62)73)55-39-45-58(46-40-55)75(57-43-37-50(38-44-57)51-19-17-20-52(49-51)60-30-18-31-66-65-29-11-16-36-71(65)76-72(60)66)59-47-41-56(42-48-59)74(54-23-5-2-6-24-54)69-34-14-9-27-63(69)64-28-10-15-35-70(64)74/h1-49H. The summed E-state index contributed by atoms with van der Waals surface area (Å²) in [5.74, 6) is 0. The van der Waals surface area contributed by atoms with Gasteiger partial charge in [-0.15, -0.1) is 11.3 Å². The zero-order valence-corrected chi connectivity index (χ0v) is 42.5. The van der Waals surface area contributed by atoms with E-state index in [0.29, 0.717) is 0 Å². The van der Waals surface area contributed by atoms with Crippen molar-refractivity contribution >= 4 is 48.6 Å². The fraction of sp³-hybridized carbons (Fsp3) is 0.0270. The molecule has 0 bridgehead atoms. The average Bonchev–Trinajstić information content (AvgIpc) is 4.26. The predicted octanol–water partition coefficient (Wildman–Crippen LogP) is 19.6. The molecule has 356 valence electrons. The first-order valence-corrected chi connectivity index (χ1v) is 27.1. The first-order valence-electron chi connectivity index (χ1n) is 26.3. The van der Waals surface area contributed by atoms with Crippen molar-refractivity contribution in [2.75, 3.05) is 4.90 Å². The molecular weight excluding hydrogens is 935 g/mol. The van der Waals surface area contributed by atoms with Gasteiger partial charge in [0.1, 0.15) is 0 Å². The van der Waals surface area contributed by atoms with Gasteiger partial charge in [-0.3, -0.25) is 0 Å². The lowest BCUT2D eigenvalue weighted by molar-refractivity contribution is 0.768. The van der Waals surface area contributed by atoms with Crippen molar-refractivity contribution in [2.45, 2.75) is 10.8 Å². The van der Waals surface area contributed by atoms with Crippen LogP contribution in [0.4, 0.5) is 17.1 Å². The van der Waals surface area contributed by atoms with Crippen molar-refractivity contribution in [1.29, 1.82) is 0 Å². The largest absolute Gasteiger partial charge is 0.311 e. The monoisotopic (exact) mass is 983 g/mol. The van der Waals surface area contributed by atoms with Gasteiger partial charge >= 0.3 is 0 Å². The van der Waals surface area contributed by atoms with Crippen molar-refractivity contribution < 1.29 is 0 Å². The molecule has 1 heterocycles. The first-order chi connectivity index (χ1) is 37.7. The molecule has 0 saturated carbocycles. The number of nitrogens with zero attached hydrogens (tertiary/aromatic N) is 1. The molecule has 0 atom stereocenters. The van der Waals surface area contributed by atoms with Crippen LogP contribution in [-0.2, 0) is 10.8 Å². The lowest BCUT2D eigenvalue weighted by atomic mass is 9.67. The summed E-state index contributed by atoms with van der Waals surface area (Å²) in [6.07, 6.45) is 0. The minimum absolute atomic E-state index is 0.488. The van der Waals surface area contributed by atoms with Crippen LogP contribution >= 0.6 is 11.3 Å². The Morgan fingerprint density at radius 2 is 0.618 bits per heavy atom. The van der Waals surface area contributed by atoms with Crippen molar-refractivity contribution in [2.24, 2.45) is 0 Å². The summed E-state index contributed by atoms with van der Waals surface area (Å²) < 4.78 is 2.65. The van der Waals surface area contributed by atoms with Gasteiger partial charge in [-0.25, -0.2) is 0 Å². The highest BCUT2D eigenvalue weighted by molar-refractivity contribution is 7.26. The van der Waals surface area contributed by atoms with E-state index < -0.39 is 10.8 Å². The maximum atomic E-state index is 2.42. The predicted molar refractivity (Wildman–Crippen MR) is 319 cm³/mol. The Morgan fingerprint density at radius 3 is 1.12 bits per heavy atom. The number of rotatable bonds is 9. The van der Waals surface area contributed by atoms with Crippen molar-refractivity contribution in [3.63, 3.8) is 0 Å². The van der Waals surface area contributed by atoms with Crippen LogP contribution in [0.1, 0.15) is 44.5 Å². The molecule has 2 aliphatic carbocycles. The van der Waals surface area contributed by atoms with E-state index in [2.05, 4.69) is 302 Å². The molecule has 0 saturated heterocycles. The van der Waals surface area contributed by atoms with Crippen LogP contribution in [0.5, 0.6) is 0 Å². The fourth-order valence-electron chi connectivity index (χ4n) is 13.2. The molecule has 2 heteroatoms. The second-order valence-electron chi connectivity index (χ2n) is 20.3. The van der Waals surface area contributed by atoms with Crippen LogP contribution in [0.3, 0.4) is 0 Å². The maximum absolute atomic E-state index is 2.42. The number of fused-ring (bicyclic) bond motifs is 9. The minimum atomic E-state index is -0.488. The molecule has 13 aromatic rings. The van der Waals surface area contributed by atoms with E-state index in [4.69, 9.17) is 0 Å². The minimum Gasteiger partial charge on any atom is -0.311 e. The number of hydrogen-bond acceptors (Lipinski definition) is 2. The third kappa shape index (κ3) is 6.57. The molecule has 0 amide bonds. The SMILES string of the molecule is c1ccc(C2(c3ccc(N(c4ccc(-c5cccc(-c6cccc7c6sc6ccccc67)c5)cc4)c4ccc(C5(c6ccccc6)c6ccccc6-c6ccccc65)cc4)cc3)c3ccccc3-c3ccccc32)cc1. The summed E-state index contributed by atoms with van der Waals surface area (Å²) >= 11 is 1.88. The van der Waals surface area contributed by atoms with E-state index in [1.54, 1.807) is 0 Å². The van der Waals surface area contributed by atoms with Crippen molar-refractivity contribution in [3.8, 4) is 44.5 Å². The highest BCUT2D eigenvalue weighted by atomic mass is 32.1. The van der Waals surface area contributed by atoms with E-state index in [-0.39, 0.29) is 0 Å². The van der Waals surface area contributed by atoms with Crippen LogP contribution in [0.15, 0.2) is 297 Å². The Morgan fingerprint density at radius 1 is 0.250 bits per heavy atom. The average molecular weight is 984 g/mol. The summed E-state index contributed by atoms with van der Waals surface area (Å²) in [5.41, 5.74) is 22.5. The number of hydrogen-bond donors (Lipinski definition) is 0. The molecule has 0 spiro atoms. The molecule has 76 heavy (non-hydrogen) atoms. The molecular formula is C74H49NS. The highest BCUT2D eigenvalue weighted by Crippen LogP contribution is 2.58. The smallest absolute Gasteiger partial charge is 0.0713 e. The molecule has 0 N–H and O–H groups in total. The van der Waals surface area contributed by atoms with Gasteiger partial charge in [-0.1, -0.05) is 249 Å². The van der Waals surface area contributed by atoms with E-state index in [1.165, 1.54) is 109 Å². The zero-order valence-electron chi connectivity index (χ0n) is 41.6. The van der Waals surface area contributed by atoms with E-state index >= 15 is 0 Å². The van der Waals surface area contributed by atoms with Gasteiger partial charge < -0.3 is 4.90 Å². The van der Waals surface area contributed by atoms with Gasteiger partial charge in [0.15, 0.2) is 0 Å². The summed E-state index contributed by atoms with van der Waals surface area (Å²) in [4.78, 5) is 2.42. The summed E-state index contributed by atoms with van der Waals surface area (Å²) in [6.45, 7) is 0. The van der Waals surface area contributed by atoms with Gasteiger partial charge in [-0.05, 0) is 138 Å². The van der Waals surface area contributed by atoms with Crippen LogP contribution < -0.4 is 4.90 Å². The van der Waals surface area contributed by atoms with Crippen molar-refractivity contribution in [1.82, 2.24) is 0 Å². The molecule has 12 aromatic carbocycles. The Balaban J connectivity index is 0.871. The van der Waals surface area contributed by atoms with E-state index in [9.17, 15) is 0 Å². The van der Waals surface area contributed by atoms with Crippen LogP contribution in [0.2, 0.25) is 0 Å². The second kappa shape index (κ2) is 17.7. The lowest BCUT2D eigenvalue weighted by Crippen LogP contribution is -2.28. The lowest BCUT2D eigenvalue weighted by Gasteiger charge is -2.35. The van der Waals surface area contributed by atoms with Gasteiger partial charge in [0.2, 0.25) is 0 Å². The number of benzene rings is 12. The van der Waals surface area contributed by atoms with E-state index in [0.717, 1.165) is 17.1 Å². The first kappa shape index (κ1) is 44.2. The normalized spacial score (nSPS) is 13.5. The van der Waals surface area contributed by atoms with Crippen LogP contribution in [-0.4, -0.2) is 0 Å². The maximum Gasteiger partial charge on any atom is 0.0713 e. The Labute approximate surface area is 447 Å². The molecule has 0 aliphatic heterocycles. The van der Waals surface area contributed by atoms with Gasteiger partial charge in [-0.2, -0.15) is 0 Å². The van der Waals surface area contributed by atoms with Crippen molar-refractivity contribution in [3.05, 3.63) is 342 Å². The Bertz CT molecular complexity index is 4050. The second-order valence-corrected chi connectivity index (χ2v) is 21.3. The quantitative estimate of drug-likeness (QED) is 0.139. The molecule has 1 aromatic heterocycles. The third-order valence-corrected chi connectivity index (χ3v) is 17.7. The summed E-state index contributed by atoms with van der Waals surface area (Å²) in [6, 6.07) is 111. The Hall–Kier alpha value is -9.34. The van der Waals surface area contributed by atoms with Crippen LogP contribution in [0.25, 0.3) is 64.7 Å². The molecule has 15 rings (SSSR count). The molecule has 0 radical (unpaired) electrons. The molecule has 2 aliphatic rings. The molecule has 1 nitrogen and oxygen atoms in total. The van der Waals surface area contributed by atoms with Gasteiger partial charge in [0.05, 0.1) is 10.8 Å². The molecule has 0 fully saturated rings. The van der Waals surface area contributed by atoms with Crippen LogP contribution in [0, 0.1) is 0 Å². The number of anilines is 3. The zero-order chi connectivity index (χ0) is 50.2. The summed E-state index contributed by atoms with van der Waals surface area (Å²) in [5, 5.41) is 2.63. The fourth-order valence-corrected chi connectivity index (χ4v) is 14.5. The van der Waals surface area contributed by atoms with E-state index in [1.807, 2.05) is 11.3 Å². The summed E-state index contributed by atoms with van der Waals surface area (Å²) in [7, 11) is 0. The Kier molecular flexibility index (Phi) is 10.3. The third-order valence-electron chi connectivity index (χ3n) is 16.5.